The van der Waals surface area contributed by atoms with Crippen molar-refractivity contribution in [2.75, 3.05) is 7.11 Å². The molecule has 0 radical (unpaired) electrons. The second kappa shape index (κ2) is 21.2. The van der Waals surface area contributed by atoms with E-state index in [9.17, 15) is 4.79 Å². The first-order chi connectivity index (χ1) is 13.6. The summed E-state index contributed by atoms with van der Waals surface area (Å²) in [7, 11) is 1.48. The van der Waals surface area contributed by atoms with E-state index in [2.05, 4.69) is 20.8 Å². The second-order valence-corrected chi connectivity index (χ2v) is 9.32. The Morgan fingerprint density at radius 2 is 1.04 bits per heavy atom. The quantitative estimate of drug-likeness (QED) is 0.143. The van der Waals surface area contributed by atoms with Crippen LogP contribution in [0.5, 0.6) is 0 Å². The van der Waals surface area contributed by atoms with Gasteiger partial charge in [-0.05, 0) is 18.3 Å². The molecular weight excluding hydrogens is 344 g/mol. The highest BCUT2D eigenvalue weighted by atomic mass is 16.5. The summed E-state index contributed by atoms with van der Waals surface area (Å²) in [5.41, 5.74) is 0. The van der Waals surface area contributed by atoms with Crippen LogP contribution < -0.4 is 0 Å². The van der Waals surface area contributed by atoms with Crippen molar-refractivity contribution in [1.82, 2.24) is 0 Å². The summed E-state index contributed by atoms with van der Waals surface area (Å²) in [5.74, 6) is 1.11. The van der Waals surface area contributed by atoms with Crippen molar-refractivity contribution >= 4 is 5.97 Å². The summed E-state index contributed by atoms with van der Waals surface area (Å²) < 4.78 is 4.76. The molecule has 0 aliphatic heterocycles. The maximum Gasteiger partial charge on any atom is 0.305 e. The average Bonchev–Trinajstić information content (AvgIpc) is 2.67. The van der Waals surface area contributed by atoms with Crippen LogP contribution in [0, 0.1) is 11.8 Å². The zero-order valence-electron chi connectivity index (χ0n) is 19.9. The summed E-state index contributed by atoms with van der Waals surface area (Å²) in [5, 5.41) is 0. The Labute approximate surface area is 177 Å². The van der Waals surface area contributed by atoms with Crippen molar-refractivity contribution in [3.63, 3.8) is 0 Å². The van der Waals surface area contributed by atoms with Crippen molar-refractivity contribution in [3.8, 4) is 0 Å². The van der Waals surface area contributed by atoms with Crippen LogP contribution in [0.1, 0.15) is 143 Å². The van der Waals surface area contributed by atoms with Gasteiger partial charge in [-0.25, -0.2) is 0 Å². The Morgan fingerprint density at radius 1 is 0.643 bits per heavy atom. The molecule has 2 atom stereocenters. The zero-order chi connectivity index (χ0) is 20.9. The van der Waals surface area contributed by atoms with Crippen LogP contribution in [0.4, 0.5) is 0 Å². The van der Waals surface area contributed by atoms with E-state index in [1.165, 1.54) is 116 Å². The maximum atomic E-state index is 11.3. The van der Waals surface area contributed by atoms with E-state index in [0.717, 1.165) is 12.3 Å². The second-order valence-electron chi connectivity index (χ2n) is 9.32. The van der Waals surface area contributed by atoms with E-state index in [-0.39, 0.29) is 5.97 Å². The molecule has 2 unspecified atom stereocenters. The van der Waals surface area contributed by atoms with Gasteiger partial charge in [-0.15, -0.1) is 0 Å². The van der Waals surface area contributed by atoms with Crippen molar-refractivity contribution in [2.24, 2.45) is 11.8 Å². The fourth-order valence-electron chi connectivity index (χ4n) is 4.30. The normalized spacial score (nSPS) is 13.4. The zero-order valence-corrected chi connectivity index (χ0v) is 19.9. The lowest BCUT2D eigenvalue weighted by Crippen LogP contribution is -2.10. The highest BCUT2D eigenvalue weighted by molar-refractivity contribution is 5.69. The van der Waals surface area contributed by atoms with Crippen LogP contribution in [0.3, 0.4) is 0 Å². The van der Waals surface area contributed by atoms with Crippen molar-refractivity contribution in [1.29, 1.82) is 0 Å². The van der Waals surface area contributed by atoms with Gasteiger partial charge >= 0.3 is 5.97 Å². The third kappa shape index (κ3) is 20.2. The Balaban J connectivity index is 3.24. The third-order valence-corrected chi connectivity index (χ3v) is 6.10. The van der Waals surface area contributed by atoms with E-state index in [4.69, 9.17) is 4.74 Å². The number of carbonyl (C=O) groups is 1. The lowest BCUT2D eigenvalue weighted by molar-refractivity contribution is -0.141. The molecule has 0 aromatic rings. The number of ether oxygens (including phenoxy) is 1. The molecular formula is C26H52O2. The fraction of sp³-hybridized carbons (Fsp3) is 0.962. The van der Waals surface area contributed by atoms with Crippen LogP contribution >= 0.6 is 0 Å². The largest absolute Gasteiger partial charge is 0.469 e. The van der Waals surface area contributed by atoms with Crippen LogP contribution in [0.2, 0.25) is 0 Å². The smallest absolute Gasteiger partial charge is 0.305 e. The van der Waals surface area contributed by atoms with E-state index in [0.29, 0.717) is 12.3 Å². The first kappa shape index (κ1) is 27.5. The highest BCUT2D eigenvalue weighted by Crippen LogP contribution is 2.21. The molecule has 0 aromatic carbocycles. The molecule has 0 aliphatic rings. The SMILES string of the molecule is CCCCCCCCCCCCCCCCCCC(C)CC(C)CC(=O)OC. The van der Waals surface area contributed by atoms with E-state index < -0.39 is 0 Å². The monoisotopic (exact) mass is 396 g/mol. The summed E-state index contributed by atoms with van der Waals surface area (Å²) in [6.07, 6.45) is 25.9. The molecule has 2 heteroatoms. The molecule has 0 saturated carbocycles. The summed E-state index contributed by atoms with van der Waals surface area (Å²) in [4.78, 5) is 11.3. The highest BCUT2D eigenvalue weighted by Gasteiger charge is 2.12. The summed E-state index contributed by atoms with van der Waals surface area (Å²) in [6.45, 7) is 6.79. The summed E-state index contributed by atoms with van der Waals surface area (Å²) in [6, 6.07) is 0. The molecule has 0 bridgehead atoms. The van der Waals surface area contributed by atoms with Gasteiger partial charge in [-0.3, -0.25) is 4.79 Å². The molecule has 2 nitrogen and oxygen atoms in total. The number of esters is 1. The standard InChI is InChI=1S/C26H52O2/c1-5-6-7-8-9-10-11-12-13-14-15-16-17-18-19-20-21-24(2)22-25(3)23-26(27)28-4/h24-25H,5-23H2,1-4H3. The Kier molecular flexibility index (Phi) is 20.8. The third-order valence-electron chi connectivity index (χ3n) is 6.10. The van der Waals surface area contributed by atoms with Gasteiger partial charge in [0.25, 0.3) is 0 Å². The first-order valence-corrected chi connectivity index (χ1v) is 12.7. The first-order valence-electron chi connectivity index (χ1n) is 12.7. The minimum atomic E-state index is -0.0675. The minimum Gasteiger partial charge on any atom is -0.469 e. The molecule has 0 heterocycles. The van der Waals surface area contributed by atoms with Gasteiger partial charge in [0.2, 0.25) is 0 Å². The van der Waals surface area contributed by atoms with Gasteiger partial charge in [-0.1, -0.05) is 130 Å². The predicted octanol–water partition coefficient (Wildman–Crippen LogP) is 8.86. The van der Waals surface area contributed by atoms with Crippen LogP contribution in [-0.4, -0.2) is 13.1 Å². The number of hydrogen-bond donors (Lipinski definition) is 0. The summed E-state index contributed by atoms with van der Waals surface area (Å²) >= 11 is 0. The molecule has 0 N–H and O–H groups in total. The van der Waals surface area contributed by atoms with Crippen LogP contribution in [0.15, 0.2) is 0 Å². The van der Waals surface area contributed by atoms with Gasteiger partial charge in [0.1, 0.15) is 0 Å². The molecule has 0 aliphatic carbocycles. The molecule has 28 heavy (non-hydrogen) atoms. The van der Waals surface area contributed by atoms with Gasteiger partial charge < -0.3 is 4.74 Å². The van der Waals surface area contributed by atoms with Crippen molar-refractivity contribution < 1.29 is 9.53 Å². The Morgan fingerprint density at radius 3 is 1.43 bits per heavy atom. The number of methoxy groups -OCH3 is 1. The molecule has 0 spiro atoms. The van der Waals surface area contributed by atoms with Gasteiger partial charge in [0.05, 0.1) is 7.11 Å². The fourth-order valence-corrected chi connectivity index (χ4v) is 4.30. The predicted molar refractivity (Wildman–Crippen MR) is 124 cm³/mol. The molecule has 0 aromatic heterocycles. The lowest BCUT2D eigenvalue weighted by atomic mass is 9.91. The number of rotatable bonds is 21. The van der Waals surface area contributed by atoms with Crippen molar-refractivity contribution in [2.45, 2.75) is 143 Å². The number of unbranched alkanes of at least 4 members (excludes halogenated alkanes) is 15. The lowest BCUT2D eigenvalue weighted by Gasteiger charge is -2.16. The molecule has 0 amide bonds. The van der Waals surface area contributed by atoms with Crippen LogP contribution in [0.25, 0.3) is 0 Å². The average molecular weight is 397 g/mol. The molecule has 0 saturated heterocycles. The molecule has 0 rings (SSSR count). The maximum absolute atomic E-state index is 11.3. The van der Waals surface area contributed by atoms with Gasteiger partial charge in [0.15, 0.2) is 0 Å². The van der Waals surface area contributed by atoms with E-state index in [1.54, 1.807) is 0 Å². The van der Waals surface area contributed by atoms with Gasteiger partial charge in [0, 0.05) is 6.42 Å². The number of carbonyl (C=O) groups excluding carboxylic acids is 1. The topological polar surface area (TPSA) is 26.3 Å². The number of hydrogen-bond acceptors (Lipinski definition) is 2. The molecule has 0 fully saturated rings. The van der Waals surface area contributed by atoms with Gasteiger partial charge in [-0.2, -0.15) is 0 Å². The van der Waals surface area contributed by atoms with E-state index in [1.807, 2.05) is 0 Å². The van der Waals surface area contributed by atoms with E-state index >= 15 is 0 Å². The molecule has 168 valence electrons. The van der Waals surface area contributed by atoms with Crippen LogP contribution in [-0.2, 0) is 9.53 Å². The van der Waals surface area contributed by atoms with Crippen molar-refractivity contribution in [3.05, 3.63) is 0 Å². The Bertz CT molecular complexity index is 326. The minimum absolute atomic E-state index is 0.0675. The Hall–Kier alpha value is -0.530.